The summed E-state index contributed by atoms with van der Waals surface area (Å²) in [7, 11) is 0. The van der Waals surface area contributed by atoms with Gasteiger partial charge in [-0.2, -0.15) is 5.06 Å². The van der Waals surface area contributed by atoms with E-state index in [0.717, 1.165) is 37.8 Å². The van der Waals surface area contributed by atoms with Crippen molar-refractivity contribution < 1.29 is 28.8 Å². The molecule has 38 heavy (non-hydrogen) atoms. The van der Waals surface area contributed by atoms with Gasteiger partial charge in [0.25, 0.3) is 5.91 Å². The Morgan fingerprint density at radius 2 is 1.82 bits per heavy atom. The summed E-state index contributed by atoms with van der Waals surface area (Å²) in [4.78, 5) is 52.4. The third-order valence-corrected chi connectivity index (χ3v) is 6.52. The maximum atomic E-state index is 12.1. The lowest BCUT2D eigenvalue weighted by molar-refractivity contribution is -0.140. The van der Waals surface area contributed by atoms with E-state index in [9.17, 15) is 19.2 Å². The molecule has 2 atom stereocenters. The van der Waals surface area contributed by atoms with Crippen LogP contribution in [0.3, 0.4) is 0 Å². The van der Waals surface area contributed by atoms with Crippen molar-refractivity contribution in [2.45, 2.75) is 89.8 Å². The number of nitrogens with one attached hydrogen (secondary N) is 4. The molecule has 12 heteroatoms. The first-order chi connectivity index (χ1) is 18.1. The van der Waals surface area contributed by atoms with Crippen molar-refractivity contribution in [2.75, 3.05) is 13.1 Å². The van der Waals surface area contributed by atoms with Crippen LogP contribution in [0.25, 0.3) is 0 Å². The number of hydrazine groups is 1. The molecule has 2 aliphatic heterocycles. The number of nitrogens with zero attached hydrogens (tertiary/aromatic N) is 2. The lowest BCUT2D eigenvalue weighted by Gasteiger charge is -2.36. The van der Waals surface area contributed by atoms with Gasteiger partial charge >= 0.3 is 12.1 Å². The fourth-order valence-corrected chi connectivity index (χ4v) is 4.48. The van der Waals surface area contributed by atoms with Gasteiger partial charge in [0.1, 0.15) is 12.2 Å². The van der Waals surface area contributed by atoms with Gasteiger partial charge in [-0.05, 0) is 58.9 Å². The van der Waals surface area contributed by atoms with E-state index in [4.69, 9.17) is 9.57 Å². The molecule has 12 nitrogen and oxygen atoms in total. The minimum atomic E-state index is -0.505. The first-order valence-electron chi connectivity index (χ1n) is 13.0. The molecule has 5 amide bonds. The first kappa shape index (κ1) is 29.2. The highest BCUT2D eigenvalue weighted by molar-refractivity contribution is 5.78. The molecule has 1 aliphatic carbocycles. The number of hydroxylamine groups is 2. The van der Waals surface area contributed by atoms with Gasteiger partial charge in [0.15, 0.2) is 0 Å². The average molecular weight is 533 g/mol. The monoisotopic (exact) mass is 532 g/mol. The van der Waals surface area contributed by atoms with Crippen molar-refractivity contribution in [3.8, 4) is 0 Å². The lowest BCUT2D eigenvalue weighted by Crippen LogP contribution is -2.55. The number of amides is 5. The maximum absolute atomic E-state index is 12.1. The van der Waals surface area contributed by atoms with Gasteiger partial charge in [-0.3, -0.25) is 25.3 Å². The molecule has 210 valence electrons. The number of urea groups is 1. The molecule has 2 heterocycles. The highest BCUT2D eigenvalue weighted by Gasteiger charge is 2.44. The second-order valence-corrected chi connectivity index (χ2v) is 10.8. The minimum absolute atomic E-state index is 0.0286. The third-order valence-electron chi connectivity index (χ3n) is 6.52. The lowest BCUT2D eigenvalue weighted by atomic mass is 9.87. The van der Waals surface area contributed by atoms with Crippen LogP contribution in [-0.4, -0.2) is 77.3 Å². The number of hydrogen-bond acceptors (Lipinski definition) is 7. The van der Waals surface area contributed by atoms with Crippen LogP contribution in [-0.2, 0) is 25.8 Å². The summed E-state index contributed by atoms with van der Waals surface area (Å²) in [6.07, 6.45) is 3.57. The fraction of sp³-hybridized carbons (Fsp3) is 0.615. The number of rotatable bonds is 9. The average Bonchev–Trinajstić information content (AvgIpc) is 3.10. The van der Waals surface area contributed by atoms with E-state index in [1.165, 1.54) is 0 Å². The number of carbonyl (C=O) groups is 4. The van der Waals surface area contributed by atoms with Gasteiger partial charge in [-0.1, -0.05) is 30.3 Å². The molecular weight excluding hydrogens is 492 g/mol. The highest BCUT2D eigenvalue weighted by atomic mass is 16.7. The number of carbonyl (C=O) groups excluding carboxylic acids is 4. The molecule has 3 fully saturated rings. The van der Waals surface area contributed by atoms with Crippen LogP contribution in [0.1, 0.15) is 58.9 Å². The summed E-state index contributed by atoms with van der Waals surface area (Å²) in [6.45, 7) is 8.93. The van der Waals surface area contributed by atoms with E-state index in [1.54, 1.807) is 5.06 Å². The van der Waals surface area contributed by atoms with Crippen LogP contribution in [0.5, 0.6) is 0 Å². The van der Waals surface area contributed by atoms with Crippen molar-refractivity contribution >= 4 is 24.4 Å². The van der Waals surface area contributed by atoms with Crippen molar-refractivity contribution in [2.24, 2.45) is 0 Å². The van der Waals surface area contributed by atoms with Crippen LogP contribution in [0.15, 0.2) is 30.3 Å². The molecule has 1 aromatic carbocycles. The Morgan fingerprint density at radius 3 is 2.45 bits per heavy atom. The van der Waals surface area contributed by atoms with Crippen LogP contribution < -0.4 is 21.5 Å². The van der Waals surface area contributed by atoms with Gasteiger partial charge in [0, 0.05) is 24.7 Å². The van der Waals surface area contributed by atoms with Crippen molar-refractivity contribution in [1.29, 1.82) is 0 Å². The molecule has 0 unspecified atom stereocenters. The standard InChI is InChI=1S/C14H18N2O2.C12H22N4O4/c1-11-7-8-13-9-15(11)14(17)16(13)18-10-12-5-3-2-4-6-12;1-12(2,3)20-11(19)15-9-4-8(5-9)13-6-10(18)16-14-7-17/h2-6,11,13H,7-10H2,1H3;7-9,13H,4-6H2,1-3H3,(H,14,17)(H,15,19)(H,16,18)/t11-,13-;/m1./s1. The number of benzene rings is 1. The van der Waals surface area contributed by atoms with Gasteiger partial charge in [-0.15, -0.1) is 0 Å². The Kier molecular flexibility index (Phi) is 10.3. The smallest absolute Gasteiger partial charge is 0.407 e. The molecule has 1 saturated carbocycles. The van der Waals surface area contributed by atoms with Crippen LogP contribution >= 0.6 is 0 Å². The van der Waals surface area contributed by atoms with E-state index >= 15 is 0 Å². The zero-order valence-electron chi connectivity index (χ0n) is 22.6. The number of piperidine rings is 1. The van der Waals surface area contributed by atoms with Gasteiger partial charge < -0.3 is 20.3 Å². The molecule has 2 saturated heterocycles. The summed E-state index contributed by atoms with van der Waals surface area (Å²) < 4.78 is 5.15. The van der Waals surface area contributed by atoms with Crippen molar-refractivity contribution in [3.63, 3.8) is 0 Å². The van der Waals surface area contributed by atoms with Crippen LogP contribution in [0.2, 0.25) is 0 Å². The largest absolute Gasteiger partial charge is 0.444 e. The molecule has 1 aromatic rings. The molecule has 0 aromatic heterocycles. The topological polar surface area (TPSA) is 141 Å². The Labute approximate surface area is 223 Å². The van der Waals surface area contributed by atoms with E-state index in [2.05, 4.69) is 28.4 Å². The maximum Gasteiger partial charge on any atom is 0.407 e. The molecule has 4 rings (SSSR count). The van der Waals surface area contributed by atoms with Crippen LogP contribution in [0, 0.1) is 0 Å². The molecule has 4 N–H and O–H groups in total. The van der Waals surface area contributed by atoms with Gasteiger partial charge in [-0.25, -0.2) is 9.59 Å². The number of fused-ring (bicyclic) bond motifs is 2. The summed E-state index contributed by atoms with van der Waals surface area (Å²) in [5.74, 6) is -0.319. The molecule has 0 spiro atoms. The van der Waals surface area contributed by atoms with E-state index in [0.29, 0.717) is 19.1 Å². The SMILES string of the molecule is CC(C)(C)OC(=O)NC1CC(NCC(=O)NNC=O)C1.C[C@@H]1CC[C@@H]2CN1C(=O)N2OCc1ccccc1. The normalized spacial score (nSPS) is 23.9. The van der Waals surface area contributed by atoms with E-state index < -0.39 is 11.7 Å². The van der Waals surface area contributed by atoms with Gasteiger partial charge in [0.05, 0.1) is 12.6 Å². The van der Waals surface area contributed by atoms with E-state index in [1.807, 2.05) is 56.0 Å². The Balaban J connectivity index is 0.000000211. The zero-order valence-corrected chi connectivity index (χ0v) is 22.6. The minimum Gasteiger partial charge on any atom is -0.444 e. The summed E-state index contributed by atoms with van der Waals surface area (Å²) in [5, 5.41) is 7.36. The first-order valence-corrected chi connectivity index (χ1v) is 13.0. The number of alkyl carbamates (subject to hydrolysis) is 1. The van der Waals surface area contributed by atoms with Gasteiger partial charge in [0.2, 0.25) is 6.41 Å². The molecule has 2 bridgehead atoms. The van der Waals surface area contributed by atoms with E-state index in [-0.39, 0.29) is 36.6 Å². The Hall–Kier alpha value is -3.38. The van der Waals surface area contributed by atoms with Crippen molar-refractivity contribution in [1.82, 2.24) is 31.4 Å². The molecule has 3 aliphatic rings. The fourth-order valence-electron chi connectivity index (χ4n) is 4.48. The predicted molar refractivity (Wildman–Crippen MR) is 139 cm³/mol. The molecule has 0 radical (unpaired) electrons. The molecular formula is C26H40N6O6. The van der Waals surface area contributed by atoms with Crippen LogP contribution in [0.4, 0.5) is 9.59 Å². The number of hydrogen-bond donors (Lipinski definition) is 4. The Bertz CT molecular complexity index is 949. The third kappa shape index (κ3) is 8.88. The zero-order chi connectivity index (χ0) is 27.7. The highest BCUT2D eigenvalue weighted by Crippen LogP contribution is 2.30. The number of ether oxygens (including phenoxy) is 1. The second kappa shape index (κ2) is 13.4. The summed E-state index contributed by atoms with van der Waals surface area (Å²) >= 11 is 0. The summed E-state index contributed by atoms with van der Waals surface area (Å²) in [5.41, 5.74) is 4.85. The quantitative estimate of drug-likeness (QED) is 0.281. The second-order valence-electron chi connectivity index (χ2n) is 10.8. The summed E-state index contributed by atoms with van der Waals surface area (Å²) in [6, 6.07) is 10.8. The predicted octanol–water partition coefficient (Wildman–Crippen LogP) is 1.82. The van der Waals surface area contributed by atoms with Crippen molar-refractivity contribution in [3.05, 3.63) is 35.9 Å². The Morgan fingerprint density at radius 1 is 1.11 bits per heavy atom.